The number of carbonyl (C=O) groups excluding carboxylic acids is 2. The molecule has 1 fully saturated rings. The molecule has 1 saturated heterocycles. The molecule has 0 radical (unpaired) electrons. The number of hydrogen-bond donors (Lipinski definition) is 0. The summed E-state index contributed by atoms with van der Waals surface area (Å²) >= 11 is 0. The zero-order chi connectivity index (χ0) is 22.7. The van der Waals surface area contributed by atoms with Gasteiger partial charge in [0.05, 0.1) is 13.0 Å². The monoisotopic (exact) mass is 434 g/mol. The van der Waals surface area contributed by atoms with Crippen molar-refractivity contribution >= 4 is 11.8 Å². The summed E-state index contributed by atoms with van der Waals surface area (Å²) in [6, 6.07) is 14.4. The number of rotatable bonds is 7. The molecule has 3 aromatic rings. The fraction of sp³-hybridized carbons (Fsp3) is 0.261. The van der Waals surface area contributed by atoms with Crippen LogP contribution < -0.4 is 14.2 Å². The molecule has 1 unspecified atom stereocenters. The molecule has 9 heteroatoms. The highest BCUT2D eigenvalue weighted by molar-refractivity contribution is 6.03. The second kappa shape index (κ2) is 9.01. The van der Waals surface area contributed by atoms with Crippen molar-refractivity contribution in [1.82, 2.24) is 19.9 Å². The first-order chi connectivity index (χ1) is 15.4. The molecule has 164 valence electrons. The summed E-state index contributed by atoms with van der Waals surface area (Å²) in [6.07, 6.45) is 0.282. The number of methoxy groups -OCH3 is 1. The number of benzene rings is 2. The Hall–Kier alpha value is -4.01. The molecule has 9 nitrogen and oxygen atoms in total. The average molecular weight is 434 g/mol. The second-order valence-electron chi connectivity index (χ2n) is 7.41. The van der Waals surface area contributed by atoms with Crippen LogP contribution >= 0.6 is 0 Å². The van der Waals surface area contributed by atoms with Gasteiger partial charge in [0, 0.05) is 19.9 Å². The predicted octanol–water partition coefficient (Wildman–Crippen LogP) is 3.32. The lowest BCUT2D eigenvalue weighted by atomic mass is 10.0. The number of hydrogen-bond acceptors (Lipinski definition) is 8. The molecular formula is C23H22N4O5. The molecule has 2 amide bonds. The van der Waals surface area contributed by atoms with E-state index in [1.165, 1.54) is 7.05 Å². The van der Waals surface area contributed by atoms with E-state index in [-0.39, 0.29) is 36.7 Å². The Morgan fingerprint density at radius 1 is 0.875 bits per heavy atom. The molecule has 0 bridgehead atoms. The highest BCUT2D eigenvalue weighted by Crippen LogP contribution is 2.27. The summed E-state index contributed by atoms with van der Waals surface area (Å²) in [5.74, 6) is 1.02. The van der Waals surface area contributed by atoms with Crippen LogP contribution in [0.2, 0.25) is 0 Å². The van der Waals surface area contributed by atoms with Crippen molar-refractivity contribution in [1.29, 1.82) is 0 Å². The van der Waals surface area contributed by atoms with E-state index in [4.69, 9.17) is 14.2 Å². The topological polar surface area (TPSA) is 104 Å². The molecule has 0 saturated carbocycles. The van der Waals surface area contributed by atoms with Crippen LogP contribution in [0.15, 0.2) is 48.5 Å². The van der Waals surface area contributed by atoms with Gasteiger partial charge in [0.25, 0.3) is 0 Å². The van der Waals surface area contributed by atoms with Gasteiger partial charge < -0.3 is 14.2 Å². The number of aromatic nitrogens is 3. The van der Waals surface area contributed by atoms with Gasteiger partial charge in [-0.3, -0.25) is 14.5 Å². The average Bonchev–Trinajstić information content (AvgIpc) is 3.02. The van der Waals surface area contributed by atoms with E-state index in [0.29, 0.717) is 23.1 Å². The fourth-order valence-corrected chi connectivity index (χ4v) is 3.23. The standard InChI is InChI=1S/C23H22N4O5/c1-14-4-6-17(7-5-14)31-22-24-19(12-15-13-20(28)27(2)21(15)29)25-23(26-22)32-18-10-8-16(30-3)9-11-18/h4-11,15H,12-13H2,1-3H3. The summed E-state index contributed by atoms with van der Waals surface area (Å²) in [6.45, 7) is 1.97. The molecule has 0 spiro atoms. The first-order valence-corrected chi connectivity index (χ1v) is 10.0. The van der Waals surface area contributed by atoms with E-state index < -0.39 is 5.92 Å². The highest BCUT2D eigenvalue weighted by Gasteiger charge is 2.36. The molecular weight excluding hydrogens is 412 g/mol. The van der Waals surface area contributed by atoms with Gasteiger partial charge in [-0.05, 0) is 43.3 Å². The number of nitrogens with zero attached hydrogens (tertiary/aromatic N) is 4. The quantitative estimate of drug-likeness (QED) is 0.522. The third-order valence-corrected chi connectivity index (χ3v) is 5.04. The van der Waals surface area contributed by atoms with Crippen LogP contribution in [0, 0.1) is 12.8 Å². The van der Waals surface area contributed by atoms with E-state index in [2.05, 4.69) is 15.0 Å². The van der Waals surface area contributed by atoms with Crippen molar-refractivity contribution in [3.63, 3.8) is 0 Å². The van der Waals surface area contributed by atoms with Crippen molar-refractivity contribution in [2.75, 3.05) is 14.2 Å². The molecule has 2 aromatic carbocycles. The molecule has 4 rings (SSSR count). The van der Waals surface area contributed by atoms with Gasteiger partial charge in [-0.15, -0.1) is 4.98 Å². The summed E-state index contributed by atoms with van der Waals surface area (Å²) in [5, 5.41) is 0. The van der Waals surface area contributed by atoms with Crippen molar-refractivity contribution < 1.29 is 23.8 Å². The first kappa shape index (κ1) is 21.2. The molecule has 2 heterocycles. The number of aryl methyl sites for hydroxylation is 1. The van der Waals surface area contributed by atoms with E-state index in [0.717, 1.165) is 10.5 Å². The van der Waals surface area contributed by atoms with Crippen LogP contribution in [0.4, 0.5) is 0 Å². The van der Waals surface area contributed by atoms with Crippen LogP contribution in [-0.2, 0) is 16.0 Å². The number of amides is 2. The molecule has 1 aromatic heterocycles. The van der Waals surface area contributed by atoms with Crippen LogP contribution in [-0.4, -0.2) is 45.8 Å². The Morgan fingerprint density at radius 3 is 1.91 bits per heavy atom. The van der Waals surface area contributed by atoms with Crippen LogP contribution in [0.25, 0.3) is 0 Å². The van der Waals surface area contributed by atoms with Gasteiger partial charge in [-0.2, -0.15) is 9.97 Å². The minimum absolute atomic E-state index is 0.0207. The summed E-state index contributed by atoms with van der Waals surface area (Å²) in [4.78, 5) is 38.3. The van der Waals surface area contributed by atoms with Crippen molar-refractivity contribution in [3.05, 3.63) is 59.9 Å². The van der Waals surface area contributed by atoms with Crippen molar-refractivity contribution in [2.24, 2.45) is 5.92 Å². The Balaban J connectivity index is 1.61. The maximum Gasteiger partial charge on any atom is 0.328 e. The van der Waals surface area contributed by atoms with Crippen LogP contribution in [0.1, 0.15) is 17.8 Å². The molecule has 32 heavy (non-hydrogen) atoms. The zero-order valence-electron chi connectivity index (χ0n) is 17.9. The Labute approximate surface area is 185 Å². The van der Waals surface area contributed by atoms with E-state index in [1.54, 1.807) is 43.5 Å². The SMILES string of the molecule is COc1ccc(Oc2nc(CC3CC(=O)N(C)C3=O)nc(Oc3ccc(C)cc3)n2)cc1. The van der Waals surface area contributed by atoms with Gasteiger partial charge in [0.15, 0.2) is 0 Å². The van der Waals surface area contributed by atoms with Gasteiger partial charge in [0.2, 0.25) is 11.8 Å². The van der Waals surface area contributed by atoms with Crippen LogP contribution in [0.3, 0.4) is 0 Å². The lowest BCUT2D eigenvalue weighted by Crippen LogP contribution is -2.26. The summed E-state index contributed by atoms with van der Waals surface area (Å²) < 4.78 is 16.7. The van der Waals surface area contributed by atoms with Gasteiger partial charge in [-0.25, -0.2) is 0 Å². The van der Waals surface area contributed by atoms with Crippen molar-refractivity contribution in [2.45, 2.75) is 19.8 Å². The number of likely N-dealkylation sites (tertiary alicyclic amines) is 1. The number of imide groups is 1. The van der Waals surface area contributed by atoms with E-state index >= 15 is 0 Å². The van der Waals surface area contributed by atoms with Crippen molar-refractivity contribution in [3.8, 4) is 29.3 Å². The molecule has 0 N–H and O–H groups in total. The molecule has 1 aliphatic rings. The van der Waals surface area contributed by atoms with E-state index in [9.17, 15) is 9.59 Å². The minimum atomic E-state index is -0.532. The zero-order valence-corrected chi connectivity index (χ0v) is 17.9. The smallest absolute Gasteiger partial charge is 0.328 e. The van der Waals surface area contributed by atoms with Gasteiger partial charge >= 0.3 is 12.0 Å². The highest BCUT2D eigenvalue weighted by atomic mass is 16.5. The Kier molecular flexibility index (Phi) is 5.98. The first-order valence-electron chi connectivity index (χ1n) is 10.0. The second-order valence-corrected chi connectivity index (χ2v) is 7.41. The third-order valence-electron chi connectivity index (χ3n) is 5.04. The van der Waals surface area contributed by atoms with E-state index in [1.807, 2.05) is 19.1 Å². The van der Waals surface area contributed by atoms with Crippen LogP contribution in [0.5, 0.6) is 29.3 Å². The van der Waals surface area contributed by atoms with Gasteiger partial charge in [-0.1, -0.05) is 17.7 Å². The minimum Gasteiger partial charge on any atom is -0.497 e. The largest absolute Gasteiger partial charge is 0.497 e. The Morgan fingerprint density at radius 2 is 1.41 bits per heavy atom. The molecule has 1 aliphatic heterocycles. The maximum atomic E-state index is 12.3. The maximum absolute atomic E-state index is 12.3. The molecule has 1 atom stereocenters. The number of carbonyl (C=O) groups is 2. The summed E-state index contributed by atoms with van der Waals surface area (Å²) in [5.41, 5.74) is 1.09. The summed E-state index contributed by atoms with van der Waals surface area (Å²) in [7, 11) is 3.05. The molecule has 0 aliphatic carbocycles. The third kappa shape index (κ3) is 4.83. The normalized spacial score (nSPS) is 15.7. The fourth-order valence-electron chi connectivity index (χ4n) is 3.23. The van der Waals surface area contributed by atoms with Gasteiger partial charge in [0.1, 0.15) is 23.1 Å². The lowest BCUT2D eigenvalue weighted by Gasteiger charge is -2.11. The lowest BCUT2D eigenvalue weighted by molar-refractivity contribution is -0.137. The Bertz CT molecular complexity index is 1130. The number of ether oxygens (including phenoxy) is 3. The predicted molar refractivity (Wildman–Crippen MR) is 114 cm³/mol.